The van der Waals surface area contributed by atoms with Crippen LogP contribution in [0, 0.1) is 0 Å². The lowest BCUT2D eigenvalue weighted by atomic mass is 10.1. The van der Waals surface area contributed by atoms with Gasteiger partial charge in [0.2, 0.25) is 0 Å². The van der Waals surface area contributed by atoms with Gasteiger partial charge in [-0.15, -0.1) is 0 Å². The van der Waals surface area contributed by atoms with E-state index in [1.165, 1.54) is 0 Å². The number of nitrogens with one attached hydrogen (secondary N) is 1. The zero-order valence-electron chi connectivity index (χ0n) is 11.6. The van der Waals surface area contributed by atoms with Crippen LogP contribution in [0.3, 0.4) is 0 Å². The lowest BCUT2D eigenvalue weighted by molar-refractivity contribution is 0.165. The Balaban J connectivity index is 2.09. The standard InChI is InChI=1S/C15H21N3O/c1-3-8-16-13(11-19-2)9-12-10-17-14-6-4-5-7-15(14)18-12/h4-7,10,13,16H,3,8-9,11H2,1-2H3. The minimum atomic E-state index is 0.292. The van der Waals surface area contributed by atoms with Crippen LogP contribution >= 0.6 is 0 Å². The Kier molecular flexibility index (Phi) is 5.24. The molecule has 0 amide bonds. The molecule has 1 heterocycles. The maximum Gasteiger partial charge on any atom is 0.0890 e. The Hall–Kier alpha value is -1.52. The second kappa shape index (κ2) is 7.16. The first-order chi connectivity index (χ1) is 9.33. The molecule has 19 heavy (non-hydrogen) atoms. The quantitative estimate of drug-likeness (QED) is 0.828. The lowest BCUT2D eigenvalue weighted by Gasteiger charge is -2.17. The number of benzene rings is 1. The normalized spacial score (nSPS) is 12.7. The predicted octanol–water partition coefficient (Wildman–Crippen LogP) is 2.19. The first-order valence-corrected chi connectivity index (χ1v) is 6.76. The summed E-state index contributed by atoms with van der Waals surface area (Å²) < 4.78 is 5.25. The van der Waals surface area contributed by atoms with E-state index in [4.69, 9.17) is 4.74 Å². The van der Waals surface area contributed by atoms with Crippen LogP contribution < -0.4 is 5.32 Å². The number of hydrogen-bond donors (Lipinski definition) is 1. The van der Waals surface area contributed by atoms with Gasteiger partial charge in [-0.25, -0.2) is 4.98 Å². The Morgan fingerprint density at radius 3 is 2.79 bits per heavy atom. The summed E-state index contributed by atoms with van der Waals surface area (Å²) in [5.74, 6) is 0. The Morgan fingerprint density at radius 2 is 2.05 bits per heavy atom. The number of para-hydroxylation sites is 2. The molecule has 0 spiro atoms. The van der Waals surface area contributed by atoms with Crippen LogP contribution in [-0.2, 0) is 11.2 Å². The predicted molar refractivity (Wildman–Crippen MR) is 77.2 cm³/mol. The summed E-state index contributed by atoms with van der Waals surface area (Å²) >= 11 is 0. The maximum absolute atomic E-state index is 5.25. The van der Waals surface area contributed by atoms with Crippen LogP contribution in [0.5, 0.6) is 0 Å². The monoisotopic (exact) mass is 259 g/mol. The largest absolute Gasteiger partial charge is 0.383 e. The molecule has 0 saturated carbocycles. The van der Waals surface area contributed by atoms with Crippen LogP contribution in [-0.4, -0.2) is 36.3 Å². The molecule has 1 aromatic carbocycles. The fourth-order valence-electron chi connectivity index (χ4n) is 2.09. The molecule has 0 aliphatic rings. The van der Waals surface area contributed by atoms with Gasteiger partial charge in [-0.3, -0.25) is 4.98 Å². The van der Waals surface area contributed by atoms with Crippen LogP contribution in [0.1, 0.15) is 19.0 Å². The zero-order chi connectivity index (χ0) is 13.5. The first kappa shape index (κ1) is 13.9. The number of nitrogens with zero attached hydrogens (tertiary/aromatic N) is 2. The van der Waals surface area contributed by atoms with E-state index in [1.807, 2.05) is 30.5 Å². The molecule has 0 radical (unpaired) electrons. The van der Waals surface area contributed by atoms with Crippen molar-refractivity contribution in [2.75, 3.05) is 20.3 Å². The third-order valence-electron chi connectivity index (χ3n) is 3.00. The number of hydrogen-bond acceptors (Lipinski definition) is 4. The fourth-order valence-corrected chi connectivity index (χ4v) is 2.09. The van der Waals surface area contributed by atoms with Crippen LogP contribution in [0.2, 0.25) is 0 Å². The van der Waals surface area contributed by atoms with Crippen molar-refractivity contribution in [3.8, 4) is 0 Å². The fraction of sp³-hybridized carbons (Fsp3) is 0.467. The minimum Gasteiger partial charge on any atom is -0.383 e. The van der Waals surface area contributed by atoms with Gasteiger partial charge < -0.3 is 10.1 Å². The zero-order valence-corrected chi connectivity index (χ0v) is 11.6. The van der Waals surface area contributed by atoms with Crippen LogP contribution in [0.15, 0.2) is 30.5 Å². The lowest BCUT2D eigenvalue weighted by Crippen LogP contribution is -2.36. The van der Waals surface area contributed by atoms with Crippen molar-refractivity contribution in [2.45, 2.75) is 25.8 Å². The number of methoxy groups -OCH3 is 1. The highest BCUT2D eigenvalue weighted by atomic mass is 16.5. The summed E-state index contributed by atoms with van der Waals surface area (Å²) in [7, 11) is 1.73. The van der Waals surface area contributed by atoms with E-state index < -0.39 is 0 Å². The molecule has 1 atom stereocenters. The van der Waals surface area contributed by atoms with Gasteiger partial charge in [0, 0.05) is 25.8 Å². The van der Waals surface area contributed by atoms with Gasteiger partial charge in [-0.05, 0) is 25.1 Å². The molecule has 2 aromatic rings. The molecule has 1 unspecified atom stereocenters. The van der Waals surface area contributed by atoms with Gasteiger partial charge in [0.1, 0.15) is 0 Å². The molecule has 2 rings (SSSR count). The van der Waals surface area contributed by atoms with Gasteiger partial charge in [-0.2, -0.15) is 0 Å². The second-order valence-electron chi connectivity index (χ2n) is 4.66. The third-order valence-corrected chi connectivity index (χ3v) is 3.00. The van der Waals surface area contributed by atoms with E-state index in [0.717, 1.165) is 36.1 Å². The smallest absolute Gasteiger partial charge is 0.0890 e. The van der Waals surface area contributed by atoms with Gasteiger partial charge in [-0.1, -0.05) is 19.1 Å². The topological polar surface area (TPSA) is 47.0 Å². The average molecular weight is 259 g/mol. The summed E-state index contributed by atoms with van der Waals surface area (Å²) in [5, 5.41) is 3.47. The number of rotatable bonds is 7. The van der Waals surface area contributed by atoms with Crippen molar-refractivity contribution in [1.82, 2.24) is 15.3 Å². The SMILES string of the molecule is CCCNC(COC)Cc1cnc2ccccc2n1. The van der Waals surface area contributed by atoms with Gasteiger partial charge in [0.15, 0.2) is 0 Å². The highest BCUT2D eigenvalue weighted by molar-refractivity contribution is 5.73. The van der Waals surface area contributed by atoms with E-state index in [0.29, 0.717) is 12.6 Å². The molecule has 102 valence electrons. The van der Waals surface area contributed by atoms with Gasteiger partial charge in [0.05, 0.1) is 23.3 Å². The van der Waals surface area contributed by atoms with Crippen molar-refractivity contribution in [2.24, 2.45) is 0 Å². The van der Waals surface area contributed by atoms with Gasteiger partial charge in [0.25, 0.3) is 0 Å². The summed E-state index contributed by atoms with van der Waals surface area (Å²) in [6, 6.07) is 8.24. The molecule has 4 heteroatoms. The van der Waals surface area contributed by atoms with Crippen molar-refractivity contribution in [3.63, 3.8) is 0 Å². The molecular weight excluding hydrogens is 238 g/mol. The van der Waals surface area contributed by atoms with Crippen molar-refractivity contribution in [3.05, 3.63) is 36.2 Å². The van der Waals surface area contributed by atoms with Gasteiger partial charge >= 0.3 is 0 Å². The van der Waals surface area contributed by atoms with Crippen LogP contribution in [0.25, 0.3) is 11.0 Å². The Bertz CT molecular complexity index is 515. The highest BCUT2D eigenvalue weighted by Crippen LogP contribution is 2.09. The molecule has 4 nitrogen and oxygen atoms in total. The molecule has 0 fully saturated rings. The number of aromatic nitrogens is 2. The summed E-state index contributed by atoms with van der Waals surface area (Å²) in [6.07, 6.45) is 3.81. The number of fused-ring (bicyclic) bond motifs is 1. The second-order valence-corrected chi connectivity index (χ2v) is 4.66. The van der Waals surface area contributed by atoms with E-state index in [-0.39, 0.29) is 0 Å². The van der Waals surface area contributed by atoms with E-state index in [2.05, 4.69) is 22.2 Å². The average Bonchev–Trinajstić information content (AvgIpc) is 2.45. The van der Waals surface area contributed by atoms with Crippen molar-refractivity contribution >= 4 is 11.0 Å². The minimum absolute atomic E-state index is 0.292. The summed E-state index contributed by atoms with van der Waals surface area (Å²) in [5.41, 5.74) is 2.90. The number of ether oxygens (including phenoxy) is 1. The molecule has 0 saturated heterocycles. The molecule has 0 bridgehead atoms. The Morgan fingerprint density at radius 1 is 1.26 bits per heavy atom. The van der Waals surface area contributed by atoms with Crippen molar-refractivity contribution in [1.29, 1.82) is 0 Å². The molecule has 0 aliphatic carbocycles. The van der Waals surface area contributed by atoms with Crippen LogP contribution in [0.4, 0.5) is 0 Å². The van der Waals surface area contributed by atoms with E-state index in [1.54, 1.807) is 7.11 Å². The Labute approximate surface area is 114 Å². The summed E-state index contributed by atoms with van der Waals surface area (Å²) in [4.78, 5) is 9.09. The molecule has 0 aliphatic heterocycles. The van der Waals surface area contributed by atoms with E-state index >= 15 is 0 Å². The van der Waals surface area contributed by atoms with Crippen molar-refractivity contribution < 1.29 is 4.74 Å². The molecule has 1 aromatic heterocycles. The first-order valence-electron chi connectivity index (χ1n) is 6.76. The molecular formula is C15H21N3O. The maximum atomic E-state index is 5.25. The van der Waals surface area contributed by atoms with E-state index in [9.17, 15) is 0 Å². The third kappa shape index (κ3) is 3.98. The summed E-state index contributed by atoms with van der Waals surface area (Å²) in [6.45, 7) is 3.84. The highest BCUT2D eigenvalue weighted by Gasteiger charge is 2.10. The molecule has 1 N–H and O–H groups in total.